The van der Waals surface area contributed by atoms with E-state index in [1.165, 1.54) is 18.6 Å². The van der Waals surface area contributed by atoms with Gasteiger partial charge in [0.2, 0.25) is 0 Å². The molecule has 1 unspecified atom stereocenters. The monoisotopic (exact) mass is 293 g/mol. The fourth-order valence-electron chi connectivity index (χ4n) is 3.14. The summed E-state index contributed by atoms with van der Waals surface area (Å²) in [5.74, 6) is 1.05. The van der Waals surface area contributed by atoms with E-state index in [1.54, 1.807) is 6.07 Å². The molecule has 1 aromatic rings. The Morgan fingerprint density at radius 3 is 2.57 bits per heavy atom. The van der Waals surface area contributed by atoms with Crippen LogP contribution in [0.2, 0.25) is 0 Å². The second-order valence-electron chi connectivity index (χ2n) is 6.42. The van der Waals surface area contributed by atoms with Gasteiger partial charge in [0, 0.05) is 18.2 Å². The lowest BCUT2D eigenvalue weighted by molar-refractivity contribution is -0.0104. The first-order valence-corrected chi connectivity index (χ1v) is 7.91. The van der Waals surface area contributed by atoms with Crippen LogP contribution >= 0.6 is 0 Å². The van der Waals surface area contributed by atoms with Gasteiger partial charge in [-0.1, -0.05) is 13.3 Å². The van der Waals surface area contributed by atoms with Crippen LogP contribution in [0.5, 0.6) is 11.5 Å². The van der Waals surface area contributed by atoms with Gasteiger partial charge >= 0.3 is 0 Å². The van der Waals surface area contributed by atoms with E-state index in [0.29, 0.717) is 12.1 Å². The van der Waals surface area contributed by atoms with Crippen molar-refractivity contribution in [2.45, 2.75) is 57.6 Å². The molecule has 21 heavy (non-hydrogen) atoms. The zero-order valence-corrected chi connectivity index (χ0v) is 13.0. The highest BCUT2D eigenvalue weighted by atomic mass is 16.3. The summed E-state index contributed by atoms with van der Waals surface area (Å²) >= 11 is 0. The maximum atomic E-state index is 10.6. The Morgan fingerprint density at radius 2 is 1.95 bits per heavy atom. The minimum atomic E-state index is -0.646. The predicted octanol–water partition coefficient (Wildman–Crippen LogP) is 3.08. The van der Waals surface area contributed by atoms with Crippen LogP contribution in [0.25, 0.3) is 0 Å². The summed E-state index contributed by atoms with van der Waals surface area (Å²) in [6.07, 6.45) is 5.02. The average molecular weight is 293 g/mol. The molecule has 4 nitrogen and oxygen atoms in total. The Balaban J connectivity index is 1.92. The van der Waals surface area contributed by atoms with Crippen LogP contribution < -0.4 is 5.32 Å². The standard InChI is InChI=1S/C17H27NO3/c1-3-13-6-8-17(21,9-7-13)11-18-12(2)15-10-14(19)4-5-16(15)20/h4-5,10,12-13,18-21H,3,6-9,11H2,1-2H3. The van der Waals surface area contributed by atoms with Crippen molar-refractivity contribution in [3.8, 4) is 11.5 Å². The summed E-state index contributed by atoms with van der Waals surface area (Å²) < 4.78 is 0. The van der Waals surface area contributed by atoms with Crippen LogP contribution in [0.4, 0.5) is 0 Å². The molecule has 2 rings (SSSR count). The smallest absolute Gasteiger partial charge is 0.120 e. The van der Waals surface area contributed by atoms with Crippen molar-refractivity contribution in [2.75, 3.05) is 6.54 Å². The minimum absolute atomic E-state index is 0.120. The van der Waals surface area contributed by atoms with Crippen LogP contribution in [0.1, 0.15) is 57.6 Å². The molecule has 0 bridgehead atoms. The lowest BCUT2D eigenvalue weighted by atomic mass is 9.77. The van der Waals surface area contributed by atoms with Crippen molar-refractivity contribution in [3.63, 3.8) is 0 Å². The lowest BCUT2D eigenvalue weighted by Gasteiger charge is -2.36. The Hall–Kier alpha value is -1.26. The topological polar surface area (TPSA) is 72.7 Å². The van der Waals surface area contributed by atoms with E-state index >= 15 is 0 Å². The highest BCUT2D eigenvalue weighted by Gasteiger charge is 2.32. The second-order valence-corrected chi connectivity index (χ2v) is 6.42. The molecule has 1 fully saturated rings. The van der Waals surface area contributed by atoms with Crippen LogP contribution in [0.15, 0.2) is 18.2 Å². The maximum Gasteiger partial charge on any atom is 0.120 e. The SMILES string of the molecule is CCC1CCC(O)(CNC(C)c2cc(O)ccc2O)CC1. The van der Waals surface area contributed by atoms with Gasteiger partial charge < -0.3 is 20.6 Å². The number of phenolic OH excluding ortho intramolecular Hbond substituents is 2. The minimum Gasteiger partial charge on any atom is -0.508 e. The summed E-state index contributed by atoms with van der Waals surface area (Å²) in [5, 5.41) is 33.3. The van der Waals surface area contributed by atoms with E-state index in [1.807, 2.05) is 6.92 Å². The van der Waals surface area contributed by atoms with Crippen molar-refractivity contribution in [1.82, 2.24) is 5.32 Å². The van der Waals surface area contributed by atoms with Crippen molar-refractivity contribution in [3.05, 3.63) is 23.8 Å². The molecular formula is C17H27NO3. The van der Waals surface area contributed by atoms with Gasteiger partial charge in [-0.25, -0.2) is 0 Å². The predicted molar refractivity (Wildman–Crippen MR) is 83.4 cm³/mol. The Kier molecular flexibility index (Phi) is 5.12. The molecule has 0 radical (unpaired) electrons. The maximum absolute atomic E-state index is 10.6. The van der Waals surface area contributed by atoms with Gasteiger partial charge in [0.25, 0.3) is 0 Å². The van der Waals surface area contributed by atoms with Crippen LogP contribution in [-0.4, -0.2) is 27.5 Å². The van der Waals surface area contributed by atoms with Crippen LogP contribution in [0.3, 0.4) is 0 Å². The molecule has 4 N–H and O–H groups in total. The molecule has 0 aliphatic heterocycles. The summed E-state index contributed by atoms with van der Waals surface area (Å²) in [6, 6.07) is 4.39. The van der Waals surface area contributed by atoms with Gasteiger partial charge in [0.15, 0.2) is 0 Å². The molecule has 0 amide bonds. The van der Waals surface area contributed by atoms with E-state index in [2.05, 4.69) is 12.2 Å². The zero-order valence-electron chi connectivity index (χ0n) is 13.0. The van der Waals surface area contributed by atoms with Gasteiger partial charge in [-0.2, -0.15) is 0 Å². The fraction of sp³-hybridized carbons (Fsp3) is 0.647. The molecule has 1 aliphatic carbocycles. The van der Waals surface area contributed by atoms with E-state index in [4.69, 9.17) is 0 Å². The van der Waals surface area contributed by atoms with Gasteiger partial charge in [-0.15, -0.1) is 0 Å². The first kappa shape index (κ1) is 16.1. The molecule has 118 valence electrons. The normalized spacial score (nSPS) is 27.5. The summed E-state index contributed by atoms with van der Waals surface area (Å²) in [7, 11) is 0. The third kappa shape index (κ3) is 4.11. The highest BCUT2D eigenvalue weighted by Crippen LogP contribution is 2.34. The van der Waals surface area contributed by atoms with E-state index in [9.17, 15) is 15.3 Å². The number of aromatic hydroxyl groups is 2. The third-order valence-electron chi connectivity index (χ3n) is 4.83. The fourth-order valence-corrected chi connectivity index (χ4v) is 3.14. The molecular weight excluding hydrogens is 266 g/mol. The van der Waals surface area contributed by atoms with Gasteiger partial charge in [0.05, 0.1) is 5.60 Å². The number of nitrogens with one attached hydrogen (secondary N) is 1. The van der Waals surface area contributed by atoms with Crippen molar-refractivity contribution in [2.24, 2.45) is 5.92 Å². The average Bonchev–Trinajstić information content (AvgIpc) is 2.48. The first-order chi connectivity index (χ1) is 9.93. The van der Waals surface area contributed by atoms with Gasteiger partial charge in [0.1, 0.15) is 11.5 Å². The first-order valence-electron chi connectivity index (χ1n) is 7.91. The van der Waals surface area contributed by atoms with Crippen LogP contribution in [0, 0.1) is 5.92 Å². The number of aliphatic hydroxyl groups is 1. The quantitative estimate of drug-likeness (QED) is 0.630. The molecule has 1 aliphatic rings. The Bertz CT molecular complexity index is 467. The van der Waals surface area contributed by atoms with E-state index in [0.717, 1.165) is 31.6 Å². The highest BCUT2D eigenvalue weighted by molar-refractivity contribution is 5.40. The molecule has 4 heteroatoms. The Morgan fingerprint density at radius 1 is 1.29 bits per heavy atom. The third-order valence-corrected chi connectivity index (χ3v) is 4.83. The molecule has 1 atom stereocenters. The summed E-state index contributed by atoms with van der Waals surface area (Å²) in [5.41, 5.74) is 0.00711. The van der Waals surface area contributed by atoms with Gasteiger partial charge in [-0.05, 0) is 56.7 Å². The molecule has 1 aromatic carbocycles. The Labute approximate surface area is 126 Å². The van der Waals surface area contributed by atoms with Gasteiger partial charge in [-0.3, -0.25) is 0 Å². The van der Waals surface area contributed by atoms with E-state index in [-0.39, 0.29) is 17.5 Å². The van der Waals surface area contributed by atoms with Crippen molar-refractivity contribution < 1.29 is 15.3 Å². The van der Waals surface area contributed by atoms with Crippen LogP contribution in [-0.2, 0) is 0 Å². The molecule has 1 saturated carbocycles. The van der Waals surface area contributed by atoms with Crippen molar-refractivity contribution >= 4 is 0 Å². The lowest BCUT2D eigenvalue weighted by Crippen LogP contribution is -2.44. The molecule has 0 heterocycles. The molecule has 0 saturated heterocycles. The summed E-state index contributed by atoms with van der Waals surface area (Å²) in [6.45, 7) is 4.65. The largest absolute Gasteiger partial charge is 0.508 e. The number of hydrogen-bond acceptors (Lipinski definition) is 4. The van der Waals surface area contributed by atoms with E-state index < -0.39 is 5.60 Å². The second kappa shape index (κ2) is 6.67. The number of phenols is 2. The molecule has 0 aromatic heterocycles. The number of hydrogen-bond donors (Lipinski definition) is 4. The zero-order chi connectivity index (χ0) is 15.5. The molecule has 0 spiro atoms. The number of benzene rings is 1. The van der Waals surface area contributed by atoms with Crippen molar-refractivity contribution in [1.29, 1.82) is 0 Å². The number of rotatable bonds is 5. The summed E-state index contributed by atoms with van der Waals surface area (Å²) in [4.78, 5) is 0.